The fourth-order valence-electron chi connectivity index (χ4n) is 4.09. The van der Waals surface area contributed by atoms with Crippen molar-refractivity contribution >= 4 is 28.5 Å². The highest BCUT2D eigenvalue weighted by atomic mass is 32.2. The number of aryl methyl sites for hydroxylation is 1. The number of carbonyl (C=O) groups excluding carboxylic acids is 1. The summed E-state index contributed by atoms with van der Waals surface area (Å²) in [6, 6.07) is 15.9. The standard InChI is InChI=1S/C30H44N4O6S/c1-23-22-26(32-11-13-37-15-17-39-19-21-40-20-18-38-16-14-36-12-10-31)8-9-27(23)29(35)34-30-33-28(24(2)41-30)25-6-4-3-5-7-25/h3-9,22,24,28,32H,10-21,31H2,1-2H3,(H,33,34,35). The first-order chi connectivity index (χ1) is 20.1. The normalized spacial score (nSPS) is 16.5. The topological polar surface area (TPSA) is 126 Å². The highest BCUT2D eigenvalue weighted by molar-refractivity contribution is 8.14. The first-order valence-electron chi connectivity index (χ1n) is 14.1. The summed E-state index contributed by atoms with van der Waals surface area (Å²) in [5.74, 6) is -0.146. The zero-order chi connectivity index (χ0) is 29.1. The van der Waals surface area contributed by atoms with Crippen molar-refractivity contribution in [2.24, 2.45) is 10.7 Å². The summed E-state index contributed by atoms with van der Waals surface area (Å²) >= 11 is 1.59. The lowest BCUT2D eigenvalue weighted by Crippen LogP contribution is -2.28. The molecule has 2 aromatic carbocycles. The monoisotopic (exact) mass is 588 g/mol. The summed E-state index contributed by atoms with van der Waals surface area (Å²) in [6.07, 6.45) is 0. The number of amidine groups is 1. The van der Waals surface area contributed by atoms with Crippen LogP contribution in [0.4, 0.5) is 5.69 Å². The molecule has 0 bridgehead atoms. The van der Waals surface area contributed by atoms with E-state index in [1.165, 1.54) is 0 Å². The molecule has 0 saturated heterocycles. The van der Waals surface area contributed by atoms with Crippen LogP contribution in [0.25, 0.3) is 0 Å². The van der Waals surface area contributed by atoms with Gasteiger partial charge in [-0.3, -0.25) is 9.79 Å². The number of nitrogens with one attached hydrogen (secondary N) is 2. The van der Waals surface area contributed by atoms with Gasteiger partial charge in [0.25, 0.3) is 5.91 Å². The number of ether oxygens (including phenoxy) is 5. The molecular formula is C30H44N4O6S. The van der Waals surface area contributed by atoms with Crippen molar-refractivity contribution < 1.29 is 28.5 Å². The lowest BCUT2D eigenvalue weighted by Gasteiger charge is -2.12. The van der Waals surface area contributed by atoms with E-state index in [1.54, 1.807) is 11.8 Å². The van der Waals surface area contributed by atoms with Gasteiger partial charge >= 0.3 is 0 Å². The number of benzene rings is 2. The lowest BCUT2D eigenvalue weighted by atomic mass is 10.1. The molecule has 4 N–H and O–H groups in total. The van der Waals surface area contributed by atoms with Gasteiger partial charge in [0.15, 0.2) is 5.17 Å². The lowest BCUT2D eigenvalue weighted by molar-refractivity contribution is -0.00985. The van der Waals surface area contributed by atoms with Crippen molar-refractivity contribution in [2.45, 2.75) is 25.1 Å². The van der Waals surface area contributed by atoms with E-state index in [1.807, 2.05) is 43.3 Å². The van der Waals surface area contributed by atoms with Crippen LogP contribution in [0.2, 0.25) is 0 Å². The highest BCUT2D eigenvalue weighted by Gasteiger charge is 2.29. The first kappa shape index (κ1) is 33.0. The van der Waals surface area contributed by atoms with E-state index < -0.39 is 0 Å². The molecule has 10 nitrogen and oxygen atoms in total. The van der Waals surface area contributed by atoms with E-state index in [2.05, 4.69) is 29.7 Å². The number of thioether (sulfide) groups is 1. The minimum atomic E-state index is -0.146. The molecule has 0 radical (unpaired) electrons. The summed E-state index contributed by atoms with van der Waals surface area (Å²) < 4.78 is 27.2. The third-order valence-corrected chi connectivity index (χ3v) is 7.22. The van der Waals surface area contributed by atoms with E-state index in [9.17, 15) is 4.79 Å². The number of aliphatic imine (C=N–C) groups is 1. The number of rotatable bonds is 20. The van der Waals surface area contributed by atoms with Crippen LogP contribution >= 0.6 is 11.8 Å². The Labute approximate surface area is 247 Å². The van der Waals surface area contributed by atoms with Gasteiger partial charge in [0.2, 0.25) is 0 Å². The average molecular weight is 589 g/mol. The van der Waals surface area contributed by atoms with E-state index in [4.69, 9.17) is 34.4 Å². The number of carbonyl (C=O) groups is 1. The van der Waals surface area contributed by atoms with Crippen LogP contribution in [-0.2, 0) is 23.7 Å². The van der Waals surface area contributed by atoms with Gasteiger partial charge in [-0.15, -0.1) is 0 Å². The van der Waals surface area contributed by atoms with E-state index in [0.717, 1.165) is 16.8 Å². The SMILES string of the molecule is Cc1cc(NCCOCCOCCOCCOCCOCCN)ccc1C(=O)NC1=NC(c2ccccc2)C(C)S1. The summed E-state index contributed by atoms with van der Waals surface area (Å²) in [7, 11) is 0. The molecule has 0 spiro atoms. The number of nitrogens with zero attached hydrogens (tertiary/aromatic N) is 1. The Morgan fingerprint density at radius 3 is 2.02 bits per heavy atom. The summed E-state index contributed by atoms with van der Waals surface area (Å²) in [4.78, 5) is 17.7. The summed E-state index contributed by atoms with van der Waals surface area (Å²) in [6.45, 7) is 10.5. The molecule has 226 valence electrons. The molecule has 41 heavy (non-hydrogen) atoms. The second-order valence-electron chi connectivity index (χ2n) is 9.37. The molecule has 0 fully saturated rings. The predicted octanol–water partition coefficient (Wildman–Crippen LogP) is 3.41. The smallest absolute Gasteiger partial charge is 0.257 e. The Morgan fingerprint density at radius 1 is 0.854 bits per heavy atom. The third kappa shape index (κ3) is 12.5. The Hall–Kier alpha value is -2.51. The van der Waals surface area contributed by atoms with Crippen LogP contribution in [0.15, 0.2) is 53.5 Å². The largest absolute Gasteiger partial charge is 0.383 e. The van der Waals surface area contributed by atoms with Gasteiger partial charge in [0, 0.05) is 29.6 Å². The number of anilines is 1. The van der Waals surface area contributed by atoms with Gasteiger partial charge in [-0.05, 0) is 36.2 Å². The van der Waals surface area contributed by atoms with E-state index in [-0.39, 0.29) is 17.2 Å². The molecular weight excluding hydrogens is 544 g/mol. The molecule has 0 aromatic heterocycles. The number of hydrogen-bond donors (Lipinski definition) is 3. The zero-order valence-electron chi connectivity index (χ0n) is 24.1. The van der Waals surface area contributed by atoms with Gasteiger partial charge in [-0.2, -0.15) is 0 Å². The van der Waals surface area contributed by atoms with Crippen LogP contribution in [0.5, 0.6) is 0 Å². The third-order valence-electron chi connectivity index (χ3n) is 6.16. The minimum absolute atomic E-state index is 0.0424. The van der Waals surface area contributed by atoms with Gasteiger partial charge < -0.3 is 40.1 Å². The molecule has 1 aliphatic rings. The van der Waals surface area contributed by atoms with Crippen LogP contribution in [-0.4, -0.2) is 95.5 Å². The molecule has 3 rings (SSSR count). The molecule has 0 saturated carbocycles. The summed E-state index contributed by atoms with van der Waals surface area (Å²) in [5.41, 5.74) is 8.96. The van der Waals surface area contributed by atoms with E-state index in [0.29, 0.717) is 89.9 Å². The van der Waals surface area contributed by atoms with Crippen LogP contribution in [0.3, 0.4) is 0 Å². The van der Waals surface area contributed by atoms with Crippen molar-refractivity contribution in [3.8, 4) is 0 Å². The molecule has 1 amide bonds. The number of hydrogen-bond acceptors (Lipinski definition) is 10. The van der Waals surface area contributed by atoms with Crippen molar-refractivity contribution in [1.29, 1.82) is 0 Å². The van der Waals surface area contributed by atoms with Gasteiger partial charge in [0.1, 0.15) is 0 Å². The molecule has 1 aliphatic heterocycles. The molecule has 2 unspecified atom stereocenters. The number of amides is 1. The van der Waals surface area contributed by atoms with Crippen LogP contribution < -0.4 is 16.4 Å². The molecule has 2 atom stereocenters. The molecule has 2 aromatic rings. The summed E-state index contributed by atoms with van der Waals surface area (Å²) in [5, 5.41) is 7.25. The predicted molar refractivity (Wildman–Crippen MR) is 164 cm³/mol. The Bertz CT molecular complexity index is 1060. The van der Waals surface area contributed by atoms with Gasteiger partial charge in [-0.25, -0.2) is 0 Å². The van der Waals surface area contributed by atoms with Crippen molar-refractivity contribution in [3.63, 3.8) is 0 Å². The fourth-order valence-corrected chi connectivity index (χ4v) is 5.11. The maximum atomic E-state index is 12.9. The van der Waals surface area contributed by atoms with Crippen LogP contribution in [0, 0.1) is 6.92 Å². The van der Waals surface area contributed by atoms with Crippen LogP contribution in [0.1, 0.15) is 34.5 Å². The minimum Gasteiger partial charge on any atom is -0.383 e. The second-order valence-corrected chi connectivity index (χ2v) is 10.7. The highest BCUT2D eigenvalue weighted by Crippen LogP contribution is 2.36. The first-order valence-corrected chi connectivity index (χ1v) is 15.0. The quantitative estimate of drug-likeness (QED) is 0.200. The Balaban J connectivity index is 1.22. The fraction of sp³-hybridized carbons (Fsp3) is 0.533. The number of nitrogens with two attached hydrogens (primary N) is 1. The van der Waals surface area contributed by atoms with Crippen molar-refractivity contribution in [3.05, 3.63) is 65.2 Å². The second kappa shape index (κ2) is 19.6. The Morgan fingerprint density at radius 2 is 1.44 bits per heavy atom. The molecule has 0 aliphatic carbocycles. The zero-order valence-corrected chi connectivity index (χ0v) is 25.0. The van der Waals surface area contributed by atoms with E-state index >= 15 is 0 Å². The Kier molecular flexibility index (Phi) is 15.8. The van der Waals surface area contributed by atoms with Gasteiger partial charge in [0.05, 0.1) is 72.1 Å². The average Bonchev–Trinajstić information content (AvgIpc) is 3.34. The molecule has 1 heterocycles. The maximum Gasteiger partial charge on any atom is 0.257 e. The maximum absolute atomic E-state index is 12.9. The molecule has 11 heteroatoms. The van der Waals surface area contributed by atoms with Crippen molar-refractivity contribution in [2.75, 3.05) is 84.5 Å². The van der Waals surface area contributed by atoms with Gasteiger partial charge in [-0.1, -0.05) is 49.0 Å². The van der Waals surface area contributed by atoms with Crippen molar-refractivity contribution in [1.82, 2.24) is 5.32 Å².